The van der Waals surface area contributed by atoms with Gasteiger partial charge in [-0.1, -0.05) is 50.5 Å². The van der Waals surface area contributed by atoms with Crippen molar-refractivity contribution in [1.82, 2.24) is 19.1 Å². The predicted octanol–water partition coefficient (Wildman–Crippen LogP) is 5.03. The average molecular weight is 428 g/mol. The molecule has 1 unspecified atom stereocenters. The minimum absolute atomic E-state index is 0.113. The monoisotopic (exact) mass is 427 g/mol. The standard InChI is InChI=1S/C25H25N5O2/c1-2-3-4-9-23(25-27-12-13-29(25)16-24(31)32)30-17-28-21-14-18(10-11-22(21)30)20-8-6-5-7-19(20)15-26/h5-8,10-14,17,23H,2-4,9,16H2,1H3,(H,31,32). The number of unbranched alkanes of at least 4 members (excludes halogenated alkanes) is 2. The summed E-state index contributed by atoms with van der Waals surface area (Å²) in [4.78, 5) is 20.5. The van der Waals surface area contributed by atoms with Crippen LogP contribution in [0.2, 0.25) is 0 Å². The highest BCUT2D eigenvalue weighted by molar-refractivity contribution is 5.83. The molecule has 2 heterocycles. The second-order valence-corrected chi connectivity index (χ2v) is 7.83. The lowest BCUT2D eigenvalue weighted by Gasteiger charge is -2.20. The minimum atomic E-state index is -0.896. The van der Waals surface area contributed by atoms with E-state index >= 15 is 0 Å². The first kappa shape index (κ1) is 21.3. The smallest absolute Gasteiger partial charge is 0.323 e. The van der Waals surface area contributed by atoms with Crippen LogP contribution >= 0.6 is 0 Å². The van der Waals surface area contributed by atoms with Gasteiger partial charge in [-0.2, -0.15) is 5.26 Å². The van der Waals surface area contributed by atoms with Gasteiger partial charge >= 0.3 is 5.97 Å². The molecule has 7 heteroatoms. The van der Waals surface area contributed by atoms with E-state index in [1.807, 2.05) is 42.5 Å². The molecule has 4 rings (SSSR count). The maximum atomic E-state index is 11.3. The van der Waals surface area contributed by atoms with Gasteiger partial charge in [-0.3, -0.25) is 4.79 Å². The van der Waals surface area contributed by atoms with E-state index in [1.165, 1.54) is 0 Å². The largest absolute Gasteiger partial charge is 0.480 e. The molecule has 0 aliphatic carbocycles. The van der Waals surface area contributed by atoms with Crippen molar-refractivity contribution in [3.05, 3.63) is 72.6 Å². The number of nitrogens with zero attached hydrogens (tertiary/aromatic N) is 5. The predicted molar refractivity (Wildman–Crippen MR) is 122 cm³/mol. The van der Waals surface area contributed by atoms with E-state index in [0.717, 1.165) is 53.7 Å². The van der Waals surface area contributed by atoms with Gasteiger partial charge in [-0.05, 0) is 35.7 Å². The Bertz CT molecular complexity index is 1280. The number of carboxylic acid groups (broad SMARTS) is 1. The first-order valence-corrected chi connectivity index (χ1v) is 10.8. The fourth-order valence-electron chi connectivity index (χ4n) is 4.16. The van der Waals surface area contributed by atoms with Crippen LogP contribution in [0, 0.1) is 11.3 Å². The fraction of sp³-hybridized carbons (Fsp3) is 0.280. The molecule has 0 radical (unpaired) electrons. The summed E-state index contributed by atoms with van der Waals surface area (Å²) in [5.74, 6) is -0.172. The van der Waals surface area contributed by atoms with E-state index in [0.29, 0.717) is 5.56 Å². The summed E-state index contributed by atoms with van der Waals surface area (Å²) in [5, 5.41) is 18.7. The van der Waals surface area contributed by atoms with Gasteiger partial charge < -0.3 is 14.2 Å². The Hall–Kier alpha value is -3.92. The molecule has 0 fully saturated rings. The van der Waals surface area contributed by atoms with Crippen molar-refractivity contribution < 1.29 is 9.90 Å². The highest BCUT2D eigenvalue weighted by Crippen LogP contribution is 2.31. The van der Waals surface area contributed by atoms with Gasteiger partial charge in [0, 0.05) is 12.4 Å². The number of carbonyl (C=O) groups is 1. The second kappa shape index (κ2) is 9.48. The third-order valence-corrected chi connectivity index (χ3v) is 5.70. The highest BCUT2D eigenvalue weighted by Gasteiger charge is 2.22. The van der Waals surface area contributed by atoms with Crippen molar-refractivity contribution in [2.45, 2.75) is 45.2 Å². The Balaban J connectivity index is 1.76. The molecule has 0 saturated carbocycles. The van der Waals surface area contributed by atoms with Gasteiger partial charge in [-0.25, -0.2) is 9.97 Å². The summed E-state index contributed by atoms with van der Waals surface area (Å²) in [7, 11) is 0. The van der Waals surface area contributed by atoms with Crippen molar-refractivity contribution in [2.24, 2.45) is 0 Å². The number of aromatic nitrogens is 4. The second-order valence-electron chi connectivity index (χ2n) is 7.83. The zero-order chi connectivity index (χ0) is 22.5. The summed E-state index contributed by atoms with van der Waals surface area (Å²) in [5.41, 5.74) is 4.22. The number of fused-ring (bicyclic) bond motifs is 1. The molecule has 2 aromatic carbocycles. The number of nitriles is 1. The van der Waals surface area contributed by atoms with Crippen LogP contribution in [0.3, 0.4) is 0 Å². The topological polar surface area (TPSA) is 96.7 Å². The van der Waals surface area contributed by atoms with Crippen molar-refractivity contribution in [2.75, 3.05) is 0 Å². The molecule has 162 valence electrons. The molecule has 0 saturated heterocycles. The number of carboxylic acids is 1. The minimum Gasteiger partial charge on any atom is -0.480 e. The van der Waals surface area contributed by atoms with Crippen LogP contribution in [0.25, 0.3) is 22.2 Å². The molecular weight excluding hydrogens is 402 g/mol. The van der Waals surface area contributed by atoms with Gasteiger partial charge in [0.25, 0.3) is 0 Å². The molecule has 2 aromatic heterocycles. The van der Waals surface area contributed by atoms with Crippen molar-refractivity contribution in [3.63, 3.8) is 0 Å². The lowest BCUT2D eigenvalue weighted by Crippen LogP contribution is -2.18. The third-order valence-electron chi connectivity index (χ3n) is 5.70. The van der Waals surface area contributed by atoms with E-state index < -0.39 is 5.97 Å². The molecule has 0 spiro atoms. The average Bonchev–Trinajstić information content (AvgIpc) is 3.43. The number of imidazole rings is 2. The quantitative estimate of drug-likeness (QED) is 0.378. The molecule has 0 aliphatic heterocycles. The molecule has 0 amide bonds. The zero-order valence-electron chi connectivity index (χ0n) is 18.0. The normalized spacial score (nSPS) is 12.0. The van der Waals surface area contributed by atoms with Gasteiger partial charge in [0.2, 0.25) is 0 Å². The Morgan fingerprint density at radius 2 is 2.03 bits per heavy atom. The van der Waals surface area contributed by atoms with Crippen molar-refractivity contribution in [3.8, 4) is 17.2 Å². The molecule has 7 nitrogen and oxygen atoms in total. The fourth-order valence-corrected chi connectivity index (χ4v) is 4.16. The molecule has 0 aliphatic rings. The van der Waals surface area contributed by atoms with E-state index in [9.17, 15) is 15.2 Å². The van der Waals surface area contributed by atoms with Gasteiger partial charge in [-0.15, -0.1) is 0 Å². The number of rotatable bonds is 9. The van der Waals surface area contributed by atoms with E-state index in [4.69, 9.17) is 0 Å². The molecule has 4 aromatic rings. The number of hydrogen-bond donors (Lipinski definition) is 1. The van der Waals surface area contributed by atoms with Crippen LogP contribution < -0.4 is 0 Å². The van der Waals surface area contributed by atoms with Crippen molar-refractivity contribution in [1.29, 1.82) is 5.26 Å². The van der Waals surface area contributed by atoms with Gasteiger partial charge in [0.1, 0.15) is 12.4 Å². The number of aliphatic carboxylic acids is 1. The summed E-state index contributed by atoms with van der Waals surface area (Å²) in [6.07, 6.45) is 9.22. The molecule has 1 N–H and O–H groups in total. The van der Waals surface area contributed by atoms with E-state index in [1.54, 1.807) is 23.3 Å². The van der Waals surface area contributed by atoms with E-state index in [2.05, 4.69) is 27.5 Å². The van der Waals surface area contributed by atoms with E-state index in [-0.39, 0.29) is 12.6 Å². The van der Waals surface area contributed by atoms with Gasteiger partial charge in [0.15, 0.2) is 0 Å². The Labute approximate surface area is 186 Å². The van der Waals surface area contributed by atoms with Crippen LogP contribution in [-0.4, -0.2) is 30.2 Å². The summed E-state index contributed by atoms with van der Waals surface area (Å²) in [6.45, 7) is 2.04. The summed E-state index contributed by atoms with van der Waals surface area (Å²) < 4.78 is 3.79. The number of hydrogen-bond acceptors (Lipinski definition) is 4. The maximum Gasteiger partial charge on any atom is 0.323 e. The number of benzene rings is 2. The highest BCUT2D eigenvalue weighted by atomic mass is 16.4. The van der Waals surface area contributed by atoms with Crippen molar-refractivity contribution >= 4 is 17.0 Å². The molecule has 0 bridgehead atoms. The lowest BCUT2D eigenvalue weighted by atomic mass is 10.00. The molecule has 1 atom stereocenters. The van der Waals surface area contributed by atoms with Crippen LogP contribution in [0.1, 0.15) is 50.0 Å². The Morgan fingerprint density at radius 3 is 2.81 bits per heavy atom. The first-order chi connectivity index (χ1) is 15.6. The van der Waals surface area contributed by atoms with Crippen LogP contribution in [0.4, 0.5) is 0 Å². The van der Waals surface area contributed by atoms with Gasteiger partial charge in [0.05, 0.1) is 35.0 Å². The maximum absolute atomic E-state index is 11.3. The Kier molecular flexibility index (Phi) is 6.31. The molecular formula is C25H25N5O2. The molecule has 32 heavy (non-hydrogen) atoms. The lowest BCUT2D eigenvalue weighted by molar-refractivity contribution is -0.137. The Morgan fingerprint density at radius 1 is 1.19 bits per heavy atom. The first-order valence-electron chi connectivity index (χ1n) is 10.8. The zero-order valence-corrected chi connectivity index (χ0v) is 18.0. The summed E-state index contributed by atoms with van der Waals surface area (Å²) in [6, 6.07) is 15.7. The SMILES string of the molecule is CCCCCC(c1nccn1CC(=O)O)n1cnc2cc(-c3ccccc3C#N)ccc21. The van der Waals surface area contributed by atoms with Crippen LogP contribution in [0.15, 0.2) is 61.2 Å². The summed E-state index contributed by atoms with van der Waals surface area (Å²) >= 11 is 0. The third kappa shape index (κ3) is 4.26. The van der Waals surface area contributed by atoms with Crippen LogP contribution in [0.5, 0.6) is 0 Å². The van der Waals surface area contributed by atoms with Crippen LogP contribution in [-0.2, 0) is 11.3 Å².